The highest BCUT2D eigenvalue weighted by Gasteiger charge is 2.30. The Kier molecular flexibility index (Phi) is 5.86. The highest BCUT2D eigenvalue weighted by Crippen LogP contribution is 2.30. The van der Waals surface area contributed by atoms with Gasteiger partial charge < -0.3 is 10.4 Å². The molecule has 132 valence electrons. The van der Waals surface area contributed by atoms with Crippen LogP contribution in [-0.4, -0.2) is 15.9 Å². The molecule has 0 aromatic heterocycles. The maximum absolute atomic E-state index is 12.7. The summed E-state index contributed by atoms with van der Waals surface area (Å²) in [5, 5.41) is 16.8. The zero-order chi connectivity index (χ0) is 18.6. The highest BCUT2D eigenvalue weighted by molar-refractivity contribution is 7.80. The number of anilines is 1. The number of halogens is 4. The molecule has 0 aliphatic heterocycles. The fourth-order valence-electron chi connectivity index (χ4n) is 1.93. The van der Waals surface area contributed by atoms with E-state index in [1.807, 2.05) is 0 Å². The van der Waals surface area contributed by atoms with Crippen LogP contribution < -0.4 is 10.7 Å². The number of hydrazone groups is 1. The zero-order valence-electron chi connectivity index (χ0n) is 12.9. The van der Waals surface area contributed by atoms with Gasteiger partial charge in [0.05, 0.1) is 11.3 Å². The molecular formula is C16H13ClF3N3OS. The molecule has 25 heavy (non-hydrogen) atoms. The minimum Gasteiger partial charge on any atom is -0.507 e. The van der Waals surface area contributed by atoms with Crippen molar-refractivity contribution in [3.05, 3.63) is 58.6 Å². The highest BCUT2D eigenvalue weighted by atomic mass is 35.5. The zero-order valence-corrected chi connectivity index (χ0v) is 14.4. The van der Waals surface area contributed by atoms with Crippen molar-refractivity contribution >= 4 is 40.3 Å². The molecule has 0 unspecified atom stereocenters. The molecule has 3 N–H and O–H groups in total. The van der Waals surface area contributed by atoms with Crippen molar-refractivity contribution < 1.29 is 18.3 Å². The van der Waals surface area contributed by atoms with Gasteiger partial charge in [-0.2, -0.15) is 18.3 Å². The second kappa shape index (κ2) is 7.71. The van der Waals surface area contributed by atoms with Crippen LogP contribution in [0.15, 0.2) is 47.6 Å². The van der Waals surface area contributed by atoms with Crippen LogP contribution in [0.25, 0.3) is 0 Å². The first-order valence-corrected chi connectivity index (χ1v) is 7.73. The molecular weight excluding hydrogens is 375 g/mol. The fraction of sp³-hybridized carbons (Fsp3) is 0.125. The number of nitrogens with one attached hydrogen (secondary N) is 2. The Labute approximate surface area is 152 Å². The van der Waals surface area contributed by atoms with Gasteiger partial charge in [-0.15, -0.1) is 0 Å². The molecule has 2 rings (SSSR count). The number of rotatable bonds is 3. The van der Waals surface area contributed by atoms with Gasteiger partial charge in [-0.1, -0.05) is 17.7 Å². The van der Waals surface area contributed by atoms with Crippen LogP contribution in [0.3, 0.4) is 0 Å². The number of nitrogens with zero attached hydrogens (tertiary/aromatic N) is 1. The number of hydrogen-bond donors (Lipinski definition) is 3. The number of phenolic OH excluding ortho intramolecular Hbond substituents is 1. The molecule has 0 heterocycles. The average molecular weight is 388 g/mol. The normalized spacial score (nSPS) is 12.0. The molecule has 0 bridgehead atoms. The van der Waals surface area contributed by atoms with Crippen molar-refractivity contribution in [2.24, 2.45) is 5.10 Å². The molecule has 0 atom stereocenters. The second-order valence-corrected chi connectivity index (χ2v) is 5.85. The first-order valence-electron chi connectivity index (χ1n) is 6.94. The lowest BCUT2D eigenvalue weighted by molar-refractivity contribution is -0.137. The van der Waals surface area contributed by atoms with Gasteiger partial charge in [0.2, 0.25) is 0 Å². The first-order chi connectivity index (χ1) is 11.7. The predicted octanol–water partition coefficient (Wildman–Crippen LogP) is 4.78. The molecule has 0 saturated heterocycles. The summed E-state index contributed by atoms with van der Waals surface area (Å²) in [4.78, 5) is 0. The SMILES string of the molecule is C/C(=N/NC(=S)Nc1cccc(C(F)(F)F)c1)c1cc(Cl)ccc1O. The Morgan fingerprint density at radius 1 is 1.20 bits per heavy atom. The fourth-order valence-corrected chi connectivity index (χ4v) is 2.26. The van der Waals surface area contributed by atoms with E-state index in [4.69, 9.17) is 23.8 Å². The van der Waals surface area contributed by atoms with Crippen LogP contribution in [0.2, 0.25) is 5.02 Å². The van der Waals surface area contributed by atoms with E-state index >= 15 is 0 Å². The van der Waals surface area contributed by atoms with Crippen molar-refractivity contribution in [1.29, 1.82) is 0 Å². The van der Waals surface area contributed by atoms with E-state index in [-0.39, 0.29) is 16.5 Å². The van der Waals surface area contributed by atoms with Gasteiger partial charge >= 0.3 is 6.18 Å². The quantitative estimate of drug-likeness (QED) is 0.403. The lowest BCUT2D eigenvalue weighted by Gasteiger charge is -2.11. The molecule has 0 saturated carbocycles. The summed E-state index contributed by atoms with van der Waals surface area (Å²) in [7, 11) is 0. The van der Waals surface area contributed by atoms with Gasteiger partial charge in [0.1, 0.15) is 5.75 Å². The van der Waals surface area contributed by atoms with Crippen LogP contribution in [0.5, 0.6) is 5.75 Å². The Morgan fingerprint density at radius 3 is 2.60 bits per heavy atom. The van der Waals surface area contributed by atoms with E-state index < -0.39 is 11.7 Å². The van der Waals surface area contributed by atoms with Gasteiger partial charge in [-0.25, -0.2) is 0 Å². The molecule has 0 fully saturated rings. The Morgan fingerprint density at radius 2 is 1.92 bits per heavy atom. The van der Waals surface area contributed by atoms with Crippen molar-refractivity contribution in [3.8, 4) is 5.75 Å². The van der Waals surface area contributed by atoms with Crippen molar-refractivity contribution in [2.75, 3.05) is 5.32 Å². The molecule has 0 aliphatic rings. The lowest BCUT2D eigenvalue weighted by atomic mass is 10.1. The largest absolute Gasteiger partial charge is 0.507 e. The van der Waals surface area contributed by atoms with Crippen LogP contribution in [0.4, 0.5) is 18.9 Å². The molecule has 0 radical (unpaired) electrons. The molecule has 2 aromatic rings. The molecule has 0 amide bonds. The summed E-state index contributed by atoms with van der Waals surface area (Å²) in [6.45, 7) is 1.62. The van der Waals surface area contributed by atoms with Crippen LogP contribution in [0, 0.1) is 0 Å². The Balaban J connectivity index is 2.06. The predicted molar refractivity (Wildman–Crippen MR) is 96.1 cm³/mol. The van der Waals surface area contributed by atoms with Crippen molar-refractivity contribution in [1.82, 2.24) is 5.43 Å². The number of aromatic hydroxyl groups is 1. The summed E-state index contributed by atoms with van der Waals surface area (Å²) in [6, 6.07) is 9.10. The van der Waals surface area contributed by atoms with Crippen LogP contribution in [-0.2, 0) is 6.18 Å². The molecule has 0 aliphatic carbocycles. The summed E-state index contributed by atoms with van der Waals surface area (Å²) in [6.07, 6.45) is -4.44. The van der Waals surface area contributed by atoms with Gasteiger partial charge in [0.15, 0.2) is 5.11 Å². The summed E-state index contributed by atoms with van der Waals surface area (Å²) in [5.41, 5.74) is 2.69. The molecule has 0 spiro atoms. The van der Waals surface area contributed by atoms with E-state index in [9.17, 15) is 18.3 Å². The summed E-state index contributed by atoms with van der Waals surface area (Å²) < 4.78 is 38.1. The average Bonchev–Trinajstić information content (AvgIpc) is 2.54. The number of hydrogen-bond acceptors (Lipinski definition) is 3. The molecule has 9 heteroatoms. The van der Waals surface area contributed by atoms with E-state index in [0.29, 0.717) is 16.3 Å². The van der Waals surface area contributed by atoms with Gasteiger partial charge in [0.25, 0.3) is 0 Å². The number of phenols is 1. The van der Waals surface area contributed by atoms with Gasteiger partial charge in [-0.05, 0) is 55.5 Å². The van der Waals surface area contributed by atoms with Gasteiger partial charge in [0, 0.05) is 16.3 Å². The maximum atomic E-state index is 12.7. The molecule has 4 nitrogen and oxygen atoms in total. The Bertz CT molecular complexity index is 825. The number of thiocarbonyl (C=S) groups is 1. The Hall–Kier alpha value is -2.32. The van der Waals surface area contributed by atoms with E-state index in [2.05, 4.69) is 15.8 Å². The third-order valence-electron chi connectivity index (χ3n) is 3.12. The number of alkyl halides is 3. The van der Waals surface area contributed by atoms with Crippen LogP contribution in [0.1, 0.15) is 18.1 Å². The minimum atomic E-state index is -4.44. The van der Waals surface area contributed by atoms with Crippen LogP contribution >= 0.6 is 23.8 Å². The maximum Gasteiger partial charge on any atom is 0.416 e. The topological polar surface area (TPSA) is 56.7 Å². The summed E-state index contributed by atoms with van der Waals surface area (Å²) in [5.74, 6) is -0.00999. The first kappa shape index (κ1) is 19.0. The smallest absolute Gasteiger partial charge is 0.416 e. The lowest BCUT2D eigenvalue weighted by Crippen LogP contribution is -2.25. The van der Waals surface area contributed by atoms with E-state index in [1.54, 1.807) is 6.92 Å². The van der Waals surface area contributed by atoms with E-state index in [1.165, 1.54) is 30.3 Å². The van der Waals surface area contributed by atoms with E-state index in [0.717, 1.165) is 12.1 Å². The monoisotopic (exact) mass is 387 g/mol. The summed E-state index contributed by atoms with van der Waals surface area (Å²) >= 11 is 10.9. The third kappa shape index (κ3) is 5.33. The standard InChI is InChI=1S/C16H13ClF3N3OS/c1-9(13-8-11(17)5-6-14(13)24)22-23-15(25)21-12-4-2-3-10(7-12)16(18,19)20/h2-8,24H,1H3,(H2,21,23,25)/b22-9-. The molecule has 2 aromatic carbocycles. The third-order valence-corrected chi connectivity index (χ3v) is 3.55. The van der Waals surface area contributed by atoms with Gasteiger partial charge in [-0.3, -0.25) is 5.43 Å². The second-order valence-electron chi connectivity index (χ2n) is 5.00. The minimum absolute atomic E-state index is 0.000178. The van der Waals surface area contributed by atoms with Crippen molar-refractivity contribution in [3.63, 3.8) is 0 Å². The van der Waals surface area contributed by atoms with Crippen molar-refractivity contribution in [2.45, 2.75) is 13.1 Å². The number of benzene rings is 2.